The van der Waals surface area contributed by atoms with Crippen molar-refractivity contribution < 1.29 is 13.2 Å². The maximum Gasteiger partial charge on any atom is 0.254 e. The smallest absolute Gasteiger partial charge is 0.254 e. The summed E-state index contributed by atoms with van der Waals surface area (Å²) in [4.78, 5) is 14.9. The van der Waals surface area contributed by atoms with E-state index >= 15 is 0 Å². The molecule has 0 N–H and O–H groups in total. The molecule has 0 saturated carbocycles. The average molecular weight is 387 g/mol. The molecule has 0 aliphatic carbocycles. The van der Waals surface area contributed by atoms with Gasteiger partial charge in [-0.1, -0.05) is 23.8 Å². The van der Waals surface area contributed by atoms with Gasteiger partial charge in [0.15, 0.2) is 0 Å². The third kappa shape index (κ3) is 3.92. The van der Waals surface area contributed by atoms with E-state index < -0.39 is 10.0 Å². The Morgan fingerprint density at radius 3 is 2.07 bits per heavy atom. The third-order valence-electron chi connectivity index (χ3n) is 5.27. The molecule has 0 bridgehead atoms. The fraction of sp³-hybridized carbons (Fsp3) is 0.381. The number of sulfonamides is 1. The van der Waals surface area contributed by atoms with E-state index in [1.165, 1.54) is 4.31 Å². The zero-order valence-electron chi connectivity index (χ0n) is 16.3. The molecule has 3 rings (SSSR count). The van der Waals surface area contributed by atoms with E-state index in [0.29, 0.717) is 36.6 Å². The summed E-state index contributed by atoms with van der Waals surface area (Å²) in [6, 6.07) is 11.0. The molecule has 1 aliphatic heterocycles. The summed E-state index contributed by atoms with van der Waals surface area (Å²) in [6.07, 6.45) is 0. The first-order valence-electron chi connectivity index (χ1n) is 9.14. The topological polar surface area (TPSA) is 57.7 Å². The Bertz CT molecular complexity index is 975. The molecular formula is C21H26N2O3S. The van der Waals surface area contributed by atoms with Crippen LogP contribution in [0.3, 0.4) is 0 Å². The number of rotatable bonds is 3. The summed E-state index contributed by atoms with van der Waals surface area (Å²) >= 11 is 0. The lowest BCUT2D eigenvalue weighted by molar-refractivity contribution is 0.0697. The first-order chi connectivity index (χ1) is 12.7. The Labute approximate surface area is 161 Å². The van der Waals surface area contributed by atoms with Gasteiger partial charge in [-0.25, -0.2) is 8.42 Å². The van der Waals surface area contributed by atoms with Crippen LogP contribution in [-0.4, -0.2) is 49.7 Å². The van der Waals surface area contributed by atoms with Crippen molar-refractivity contribution in [3.8, 4) is 0 Å². The van der Waals surface area contributed by atoms with E-state index in [1.807, 2.05) is 52.0 Å². The Morgan fingerprint density at radius 1 is 0.815 bits per heavy atom. The number of nitrogens with zero attached hydrogens (tertiary/aromatic N) is 2. The Kier molecular flexibility index (Phi) is 5.40. The molecule has 0 unspecified atom stereocenters. The van der Waals surface area contributed by atoms with Crippen molar-refractivity contribution in [3.05, 3.63) is 64.2 Å². The Balaban J connectivity index is 1.73. The molecule has 1 saturated heterocycles. The number of carbonyl (C=O) groups excluding carboxylic acids is 1. The highest BCUT2D eigenvalue weighted by Crippen LogP contribution is 2.21. The number of aryl methyl sites for hydroxylation is 4. The summed E-state index contributed by atoms with van der Waals surface area (Å²) in [5.74, 6) is -0.0283. The summed E-state index contributed by atoms with van der Waals surface area (Å²) < 4.78 is 27.3. The van der Waals surface area contributed by atoms with E-state index in [0.717, 1.165) is 22.3 Å². The van der Waals surface area contributed by atoms with Crippen LogP contribution in [0.1, 0.15) is 32.6 Å². The van der Waals surface area contributed by atoms with Crippen LogP contribution in [-0.2, 0) is 10.0 Å². The van der Waals surface area contributed by atoms with Crippen molar-refractivity contribution in [1.29, 1.82) is 0 Å². The second kappa shape index (κ2) is 7.44. The minimum absolute atomic E-state index is 0.0283. The molecule has 2 aromatic rings. The van der Waals surface area contributed by atoms with Crippen LogP contribution < -0.4 is 0 Å². The second-order valence-corrected chi connectivity index (χ2v) is 9.20. The Morgan fingerprint density at radius 2 is 1.44 bits per heavy atom. The van der Waals surface area contributed by atoms with E-state index in [9.17, 15) is 13.2 Å². The zero-order chi connectivity index (χ0) is 19.8. The molecule has 0 radical (unpaired) electrons. The molecule has 5 nitrogen and oxygen atoms in total. The third-order valence-corrected chi connectivity index (χ3v) is 7.16. The number of hydrogen-bond acceptors (Lipinski definition) is 3. The van der Waals surface area contributed by atoms with E-state index in [4.69, 9.17) is 0 Å². The summed E-state index contributed by atoms with van der Waals surface area (Å²) in [7, 11) is -3.53. The highest BCUT2D eigenvalue weighted by Gasteiger charge is 2.31. The summed E-state index contributed by atoms with van der Waals surface area (Å²) in [6.45, 7) is 9.18. The van der Waals surface area contributed by atoms with Gasteiger partial charge in [0.05, 0.1) is 4.90 Å². The molecule has 6 heteroatoms. The maximum atomic E-state index is 12.9. The molecule has 2 aromatic carbocycles. The predicted octanol–water partition coefficient (Wildman–Crippen LogP) is 3.07. The lowest BCUT2D eigenvalue weighted by Gasteiger charge is -2.34. The fourth-order valence-electron chi connectivity index (χ4n) is 3.29. The lowest BCUT2D eigenvalue weighted by atomic mass is 10.0. The molecule has 0 spiro atoms. The van der Waals surface area contributed by atoms with E-state index in [1.54, 1.807) is 17.0 Å². The quantitative estimate of drug-likeness (QED) is 0.815. The molecular weight excluding hydrogens is 360 g/mol. The molecule has 1 aliphatic rings. The normalized spacial score (nSPS) is 15.8. The second-order valence-electron chi connectivity index (χ2n) is 7.26. The van der Waals surface area contributed by atoms with Crippen molar-refractivity contribution in [2.24, 2.45) is 0 Å². The number of benzene rings is 2. The van der Waals surface area contributed by atoms with Crippen molar-refractivity contribution in [2.75, 3.05) is 26.2 Å². The van der Waals surface area contributed by atoms with Crippen molar-refractivity contribution in [1.82, 2.24) is 9.21 Å². The van der Waals surface area contributed by atoms with Gasteiger partial charge in [0, 0.05) is 31.7 Å². The van der Waals surface area contributed by atoms with Crippen LogP contribution in [0.5, 0.6) is 0 Å². The van der Waals surface area contributed by atoms with Crippen LogP contribution in [0, 0.1) is 27.7 Å². The standard InChI is InChI=1S/C21H26N2O3S/c1-15-5-6-17(3)20(13-15)21(24)22-9-11-23(12-10-22)27(25,26)19-8-7-16(2)18(4)14-19/h5-8,13-14H,9-12H2,1-4H3. The van der Waals surface area contributed by atoms with Crippen molar-refractivity contribution in [2.45, 2.75) is 32.6 Å². The van der Waals surface area contributed by atoms with Crippen LogP contribution in [0.4, 0.5) is 0 Å². The predicted molar refractivity (Wildman–Crippen MR) is 106 cm³/mol. The largest absolute Gasteiger partial charge is 0.336 e. The molecule has 1 fully saturated rings. The number of amides is 1. The molecule has 27 heavy (non-hydrogen) atoms. The minimum atomic E-state index is -3.53. The summed E-state index contributed by atoms with van der Waals surface area (Å²) in [5.41, 5.74) is 4.70. The van der Waals surface area contributed by atoms with Crippen LogP contribution in [0.15, 0.2) is 41.3 Å². The fourth-order valence-corrected chi connectivity index (χ4v) is 4.80. The number of hydrogen-bond donors (Lipinski definition) is 0. The van der Waals surface area contributed by atoms with Gasteiger partial charge in [-0.2, -0.15) is 4.31 Å². The van der Waals surface area contributed by atoms with Gasteiger partial charge < -0.3 is 4.90 Å². The van der Waals surface area contributed by atoms with Gasteiger partial charge in [0.1, 0.15) is 0 Å². The van der Waals surface area contributed by atoms with E-state index in [2.05, 4.69) is 0 Å². The number of carbonyl (C=O) groups is 1. The van der Waals surface area contributed by atoms with Crippen molar-refractivity contribution in [3.63, 3.8) is 0 Å². The molecule has 0 aromatic heterocycles. The highest BCUT2D eigenvalue weighted by molar-refractivity contribution is 7.89. The van der Waals surface area contributed by atoms with Crippen LogP contribution in [0.2, 0.25) is 0 Å². The molecule has 0 atom stereocenters. The SMILES string of the molecule is Cc1ccc(C)c(C(=O)N2CCN(S(=O)(=O)c3ccc(C)c(C)c3)CC2)c1. The molecule has 1 heterocycles. The zero-order valence-corrected chi connectivity index (χ0v) is 17.1. The van der Waals surface area contributed by atoms with Gasteiger partial charge in [0.25, 0.3) is 5.91 Å². The average Bonchev–Trinajstić information content (AvgIpc) is 2.65. The monoisotopic (exact) mass is 386 g/mol. The maximum absolute atomic E-state index is 12.9. The lowest BCUT2D eigenvalue weighted by Crippen LogP contribution is -2.50. The highest BCUT2D eigenvalue weighted by atomic mass is 32.2. The first kappa shape index (κ1) is 19.6. The van der Waals surface area contributed by atoms with Gasteiger partial charge in [-0.05, 0) is 62.6 Å². The Hall–Kier alpha value is -2.18. The summed E-state index contributed by atoms with van der Waals surface area (Å²) in [5, 5.41) is 0. The number of piperazine rings is 1. The molecule has 144 valence electrons. The van der Waals surface area contributed by atoms with Gasteiger partial charge in [0.2, 0.25) is 10.0 Å². The first-order valence-corrected chi connectivity index (χ1v) is 10.6. The van der Waals surface area contributed by atoms with Crippen molar-refractivity contribution >= 4 is 15.9 Å². The van der Waals surface area contributed by atoms with Gasteiger partial charge in [-0.15, -0.1) is 0 Å². The van der Waals surface area contributed by atoms with E-state index in [-0.39, 0.29) is 5.91 Å². The minimum Gasteiger partial charge on any atom is -0.336 e. The molecule has 1 amide bonds. The van der Waals surface area contributed by atoms with Crippen LogP contribution in [0.25, 0.3) is 0 Å². The van der Waals surface area contributed by atoms with Crippen LogP contribution >= 0.6 is 0 Å². The van der Waals surface area contributed by atoms with Gasteiger partial charge in [-0.3, -0.25) is 4.79 Å². The van der Waals surface area contributed by atoms with Gasteiger partial charge >= 0.3 is 0 Å².